The topological polar surface area (TPSA) is 213 Å². The van der Waals surface area contributed by atoms with Crippen molar-refractivity contribution < 1.29 is 84.7 Å². The predicted octanol–water partition coefficient (Wildman–Crippen LogP) is -1.49. The zero-order chi connectivity index (χ0) is 43.6. The summed E-state index contributed by atoms with van der Waals surface area (Å²) < 4.78 is 59.2. The quantitative estimate of drug-likeness (QED) is 0.0750. The summed E-state index contributed by atoms with van der Waals surface area (Å²) in [5.74, 6) is 1.38. The summed E-state index contributed by atoms with van der Waals surface area (Å²) in [5, 5.41) is 0. The number of carbonyl (C=O) groups is 2. The molecule has 16 heteroatoms. The molecule has 0 aliphatic carbocycles. The number of nitrogens with one attached hydrogen (secondary N) is 1. The number of carbonyl (C=O) groups excluding carboxylic acids is 2. The van der Waals surface area contributed by atoms with Gasteiger partial charge in [-0.25, -0.2) is 37.4 Å². The first-order valence-electron chi connectivity index (χ1n) is 18.6. The third-order valence-corrected chi connectivity index (χ3v) is 7.55. The zero-order valence-corrected chi connectivity index (χ0v) is 36.3. The van der Waals surface area contributed by atoms with Gasteiger partial charge in [-0.3, -0.25) is 0 Å². The molecule has 0 radical (unpaired) electrons. The van der Waals surface area contributed by atoms with Crippen molar-refractivity contribution in [3.8, 4) is 22.6 Å². The van der Waals surface area contributed by atoms with Gasteiger partial charge in [0.1, 0.15) is 64.5 Å². The summed E-state index contributed by atoms with van der Waals surface area (Å²) in [6.07, 6.45) is 6.19. The Hall–Kier alpha value is -5.58. The average Bonchev–Trinajstić information content (AvgIpc) is 3.71. The molecule has 5 aromatic rings. The van der Waals surface area contributed by atoms with Crippen LogP contribution in [-0.4, -0.2) is 86.5 Å². The van der Waals surface area contributed by atoms with E-state index in [1.165, 1.54) is 11.1 Å². The number of aromatic amines is 1. The first kappa shape index (κ1) is 52.4. The van der Waals surface area contributed by atoms with Crippen molar-refractivity contribution in [3.05, 3.63) is 144 Å². The average molecular weight is 871 g/mol. The van der Waals surface area contributed by atoms with Gasteiger partial charge in [0.2, 0.25) is 0 Å². The minimum atomic E-state index is -4.94. The van der Waals surface area contributed by atoms with Crippen molar-refractivity contribution >= 4 is 24.4 Å². The third kappa shape index (κ3) is 23.1. The number of quaternary nitrogens is 1. The van der Waals surface area contributed by atoms with Gasteiger partial charge in [0.25, 0.3) is 0 Å². The predicted molar refractivity (Wildman–Crippen MR) is 214 cm³/mol. The second-order valence-corrected chi connectivity index (χ2v) is 13.6. The molecule has 5 rings (SSSR count). The Kier molecular flexibility index (Phi) is 25.2. The number of hydrogen-bond acceptors (Lipinski definition) is 10. The molecule has 0 amide bonds. The van der Waals surface area contributed by atoms with E-state index >= 15 is 0 Å². The summed E-state index contributed by atoms with van der Waals surface area (Å²) in [6, 6.07) is 38.2. The van der Waals surface area contributed by atoms with Gasteiger partial charge in [-0.2, -0.15) is 0 Å². The van der Waals surface area contributed by atoms with Crippen LogP contribution in [0.2, 0.25) is 0 Å². The van der Waals surface area contributed by atoms with Crippen molar-refractivity contribution in [1.29, 1.82) is 0 Å². The van der Waals surface area contributed by atoms with Gasteiger partial charge in [-0.15, -0.1) is 10.2 Å². The van der Waals surface area contributed by atoms with Gasteiger partial charge in [-0.05, 0) is 72.0 Å². The molecule has 0 spiro atoms. The maximum Gasteiger partial charge on any atom is 0.361 e. The number of esters is 2. The summed E-state index contributed by atoms with van der Waals surface area (Å²) in [4.78, 5) is 24.8. The molecule has 4 N–H and O–H groups in total. The SMILES string of the molecule is CCOC(=O)C[NH3+].CCOC(=O)c1cc(-c2ccc(OCc3ccccc3)cc2)c[nH]1.C[N+](C)=CC(C=[N+](C)C)c1ccc(OCc2ccccc2)cc1.[Cl-].[O-][Cl+3]([O-])([O-])[O-]. The molecule has 1 aromatic heterocycles. The largest absolute Gasteiger partial charge is 1.00 e. The molecule has 1 heterocycles. The second kappa shape index (κ2) is 28.8. The Balaban J connectivity index is 0.000000467. The molecule has 324 valence electrons. The van der Waals surface area contributed by atoms with Crippen LogP contribution in [0.3, 0.4) is 0 Å². The van der Waals surface area contributed by atoms with E-state index in [0.717, 1.165) is 28.2 Å². The van der Waals surface area contributed by atoms with E-state index in [4.69, 9.17) is 32.8 Å². The van der Waals surface area contributed by atoms with E-state index in [1.807, 2.05) is 113 Å². The molecule has 0 atom stereocenters. The van der Waals surface area contributed by atoms with Crippen LogP contribution in [-0.2, 0) is 27.5 Å². The van der Waals surface area contributed by atoms with E-state index in [2.05, 4.69) is 61.3 Å². The highest BCUT2D eigenvalue weighted by molar-refractivity contribution is 5.89. The molecule has 0 saturated heterocycles. The lowest BCUT2D eigenvalue weighted by atomic mass is 10.0. The third-order valence-electron chi connectivity index (χ3n) is 7.55. The van der Waals surface area contributed by atoms with Crippen molar-refractivity contribution in [1.82, 2.24) is 4.98 Å². The number of hydrogen-bond donors (Lipinski definition) is 2. The molecule has 14 nitrogen and oxygen atoms in total. The fourth-order valence-electron chi connectivity index (χ4n) is 4.99. The Morgan fingerprint density at radius 3 is 1.50 bits per heavy atom. The van der Waals surface area contributed by atoms with Crippen LogP contribution in [0, 0.1) is 10.2 Å². The van der Waals surface area contributed by atoms with Crippen LogP contribution in [0.5, 0.6) is 11.5 Å². The smallest absolute Gasteiger partial charge is 0.361 e. The van der Waals surface area contributed by atoms with E-state index in [-0.39, 0.29) is 36.8 Å². The fraction of sp³-hybridized carbons (Fsp3) is 0.273. The normalized spacial score (nSPS) is 10.1. The van der Waals surface area contributed by atoms with Crippen molar-refractivity contribution in [2.24, 2.45) is 0 Å². The first-order valence-corrected chi connectivity index (χ1v) is 19.8. The molecule has 0 fully saturated rings. The molecular weight excluding hydrogens is 815 g/mol. The number of benzene rings is 4. The number of nitrogens with zero attached hydrogens (tertiary/aromatic N) is 2. The Morgan fingerprint density at radius 1 is 0.683 bits per heavy atom. The number of H-pyrrole nitrogens is 1. The van der Waals surface area contributed by atoms with Crippen LogP contribution in [0.15, 0.2) is 121 Å². The maximum atomic E-state index is 11.7. The van der Waals surface area contributed by atoms with Crippen molar-refractivity contribution in [3.63, 3.8) is 0 Å². The monoisotopic (exact) mass is 869 g/mol. The van der Waals surface area contributed by atoms with Gasteiger partial charge in [0.15, 0.2) is 19.0 Å². The molecule has 0 aliphatic rings. The Labute approximate surface area is 360 Å². The summed E-state index contributed by atoms with van der Waals surface area (Å²) in [6.45, 7) is 5.74. The fourth-order valence-corrected chi connectivity index (χ4v) is 4.99. The minimum Gasteiger partial charge on any atom is -1.00 e. The van der Waals surface area contributed by atoms with Gasteiger partial charge < -0.3 is 42.1 Å². The van der Waals surface area contributed by atoms with Gasteiger partial charge >= 0.3 is 11.9 Å². The molecule has 0 aliphatic heterocycles. The lowest BCUT2D eigenvalue weighted by molar-refractivity contribution is -2.00. The number of rotatable bonds is 14. The van der Waals surface area contributed by atoms with E-state index in [0.29, 0.717) is 32.1 Å². The number of aromatic nitrogens is 1. The van der Waals surface area contributed by atoms with Crippen molar-refractivity contribution in [2.45, 2.75) is 33.0 Å². The minimum absolute atomic E-state index is 0. The molecular formula is C44H55Cl2N4O10+. The molecule has 0 saturated carbocycles. The Morgan fingerprint density at radius 2 is 1.12 bits per heavy atom. The highest BCUT2D eigenvalue weighted by atomic mass is 35.7. The lowest BCUT2D eigenvalue weighted by Gasteiger charge is -2.17. The van der Waals surface area contributed by atoms with Crippen LogP contribution in [0.4, 0.5) is 0 Å². The number of halogens is 2. The van der Waals surface area contributed by atoms with Crippen LogP contribution < -0.4 is 46.3 Å². The summed E-state index contributed by atoms with van der Waals surface area (Å²) in [5.41, 5.74) is 9.29. The first-order chi connectivity index (χ1) is 28.1. The highest BCUT2D eigenvalue weighted by Crippen LogP contribution is 2.24. The zero-order valence-electron chi connectivity index (χ0n) is 34.8. The van der Waals surface area contributed by atoms with E-state index in [1.54, 1.807) is 26.1 Å². The number of ether oxygens (including phenoxy) is 4. The maximum absolute atomic E-state index is 11.7. The van der Waals surface area contributed by atoms with Gasteiger partial charge in [0.05, 0.1) is 13.2 Å². The molecule has 4 aromatic carbocycles. The van der Waals surface area contributed by atoms with Gasteiger partial charge in [-0.1, -0.05) is 84.9 Å². The molecule has 60 heavy (non-hydrogen) atoms. The van der Waals surface area contributed by atoms with E-state index < -0.39 is 10.2 Å². The lowest BCUT2D eigenvalue weighted by Crippen LogP contribution is -3.00. The summed E-state index contributed by atoms with van der Waals surface area (Å²) in [7, 11) is 3.25. The molecule has 0 unspecified atom stereocenters. The van der Waals surface area contributed by atoms with Crippen LogP contribution in [0.25, 0.3) is 11.1 Å². The Bertz CT molecular complexity index is 1970. The molecule has 0 bridgehead atoms. The van der Waals surface area contributed by atoms with Gasteiger partial charge in [0, 0.05) is 6.20 Å². The standard InChI is InChI=1S/C20H26N2O.C20H19NO3.C4H9NO2.ClHO4.ClH/c1-21(2)14-19(15-22(3)4)18-10-12-20(13-11-18)23-16-17-8-6-5-7-9-17;1-2-23-20(22)19-12-17(13-21-19)16-8-10-18(11-9-16)24-14-15-6-4-3-5-7-15;1-2-7-4(6)3-5;2-1(3,4)5;/h5-15,19H,16H2,1-4H3;3-13,21H,2,14H2,1H3;2-3,5H2,1H3;(H,2,3,4,5);1H/q+2;;;;/p-1. The van der Waals surface area contributed by atoms with Crippen molar-refractivity contribution in [2.75, 3.05) is 47.9 Å². The second-order valence-electron chi connectivity index (χ2n) is 12.8. The van der Waals surface area contributed by atoms with Crippen LogP contribution >= 0.6 is 0 Å². The van der Waals surface area contributed by atoms with E-state index in [9.17, 15) is 9.59 Å². The highest BCUT2D eigenvalue weighted by Gasteiger charge is 2.14. The van der Waals surface area contributed by atoms with Crippen LogP contribution in [0.1, 0.15) is 46.9 Å². The summed E-state index contributed by atoms with van der Waals surface area (Å²) >= 11 is 0.